The molecular formula is C10H21NO2S. The van der Waals surface area contributed by atoms with E-state index in [1.807, 2.05) is 6.92 Å². The molecule has 0 unspecified atom stereocenters. The van der Waals surface area contributed by atoms with Gasteiger partial charge in [-0.25, -0.2) is 13.1 Å². The molecule has 0 aromatic rings. The van der Waals surface area contributed by atoms with E-state index in [4.69, 9.17) is 0 Å². The molecule has 0 aromatic heterocycles. The second-order valence-corrected chi connectivity index (χ2v) is 6.81. The molecule has 84 valence electrons. The molecule has 0 spiro atoms. The van der Waals surface area contributed by atoms with Gasteiger partial charge in [0.2, 0.25) is 10.0 Å². The van der Waals surface area contributed by atoms with E-state index in [9.17, 15) is 8.42 Å². The van der Waals surface area contributed by atoms with Crippen LogP contribution in [0.5, 0.6) is 0 Å². The Balaban J connectivity index is 2.51. The van der Waals surface area contributed by atoms with Crippen molar-refractivity contribution in [3.8, 4) is 0 Å². The lowest BCUT2D eigenvalue weighted by molar-refractivity contribution is 0.422. The van der Waals surface area contributed by atoms with Gasteiger partial charge in [0, 0.05) is 6.04 Å². The Morgan fingerprint density at radius 3 is 2.07 bits per heavy atom. The van der Waals surface area contributed by atoms with Crippen molar-refractivity contribution < 1.29 is 8.42 Å². The average molecular weight is 219 g/mol. The third-order valence-electron chi connectivity index (χ3n) is 3.08. The zero-order valence-corrected chi connectivity index (χ0v) is 10.1. The molecule has 1 rings (SSSR count). The van der Waals surface area contributed by atoms with Gasteiger partial charge in [0.1, 0.15) is 0 Å². The van der Waals surface area contributed by atoms with Crippen LogP contribution in [-0.2, 0) is 10.0 Å². The van der Waals surface area contributed by atoms with Gasteiger partial charge in [0.25, 0.3) is 0 Å². The van der Waals surface area contributed by atoms with Gasteiger partial charge in [-0.3, -0.25) is 0 Å². The van der Waals surface area contributed by atoms with Gasteiger partial charge in [-0.15, -0.1) is 0 Å². The van der Waals surface area contributed by atoms with E-state index in [2.05, 4.69) is 4.72 Å². The standard InChI is InChI=1S/C10H21NO2S/c1-8(2)14(12,13)11-9(3)10-6-4-5-7-10/h8-11H,4-7H2,1-3H3/t9-/m0/s1. The molecule has 1 aliphatic rings. The zero-order valence-electron chi connectivity index (χ0n) is 9.29. The van der Waals surface area contributed by atoms with Crippen molar-refractivity contribution in [2.75, 3.05) is 0 Å². The van der Waals surface area contributed by atoms with Crippen molar-refractivity contribution in [1.29, 1.82) is 0 Å². The van der Waals surface area contributed by atoms with E-state index < -0.39 is 10.0 Å². The molecule has 1 fully saturated rings. The van der Waals surface area contributed by atoms with Gasteiger partial charge in [0.15, 0.2) is 0 Å². The fourth-order valence-electron chi connectivity index (χ4n) is 1.95. The minimum absolute atomic E-state index is 0.102. The Kier molecular flexibility index (Phi) is 3.95. The molecule has 0 aliphatic heterocycles. The summed E-state index contributed by atoms with van der Waals surface area (Å²) in [4.78, 5) is 0. The molecule has 0 bridgehead atoms. The molecule has 1 N–H and O–H groups in total. The summed E-state index contributed by atoms with van der Waals surface area (Å²) < 4.78 is 25.9. The summed E-state index contributed by atoms with van der Waals surface area (Å²) in [5.41, 5.74) is 0. The molecule has 0 amide bonds. The van der Waals surface area contributed by atoms with Crippen LogP contribution in [0.15, 0.2) is 0 Å². The summed E-state index contributed by atoms with van der Waals surface area (Å²) in [5.74, 6) is 0.545. The van der Waals surface area contributed by atoms with Crippen LogP contribution >= 0.6 is 0 Å². The molecule has 1 saturated carbocycles. The smallest absolute Gasteiger partial charge is 0.212 e. The van der Waals surface area contributed by atoms with Crippen LogP contribution in [0.25, 0.3) is 0 Å². The molecule has 0 saturated heterocycles. The summed E-state index contributed by atoms with van der Waals surface area (Å²) in [6.45, 7) is 5.41. The topological polar surface area (TPSA) is 46.2 Å². The molecule has 0 aromatic carbocycles. The van der Waals surface area contributed by atoms with Crippen LogP contribution in [0.4, 0.5) is 0 Å². The highest BCUT2D eigenvalue weighted by Crippen LogP contribution is 2.27. The fraction of sp³-hybridized carbons (Fsp3) is 1.00. The number of sulfonamides is 1. The summed E-state index contributed by atoms with van der Waals surface area (Å²) in [5, 5.41) is -0.327. The van der Waals surface area contributed by atoms with Gasteiger partial charge in [-0.05, 0) is 39.5 Å². The molecule has 14 heavy (non-hydrogen) atoms. The van der Waals surface area contributed by atoms with Crippen molar-refractivity contribution in [1.82, 2.24) is 4.72 Å². The first-order chi connectivity index (χ1) is 6.43. The Labute approximate surface area is 87.3 Å². The van der Waals surface area contributed by atoms with Gasteiger partial charge in [-0.1, -0.05) is 12.8 Å². The van der Waals surface area contributed by atoms with Crippen molar-refractivity contribution in [3.63, 3.8) is 0 Å². The van der Waals surface area contributed by atoms with E-state index in [0.717, 1.165) is 0 Å². The summed E-state index contributed by atoms with van der Waals surface area (Å²) in [6, 6.07) is 0.102. The molecule has 0 radical (unpaired) electrons. The fourth-order valence-corrected chi connectivity index (χ4v) is 2.93. The van der Waals surface area contributed by atoms with E-state index in [1.54, 1.807) is 13.8 Å². The largest absolute Gasteiger partial charge is 0.214 e. The molecular weight excluding hydrogens is 198 g/mol. The second-order valence-electron chi connectivity index (χ2n) is 4.54. The number of hydrogen-bond acceptors (Lipinski definition) is 2. The zero-order chi connectivity index (χ0) is 10.8. The number of hydrogen-bond donors (Lipinski definition) is 1. The third kappa shape index (κ3) is 2.95. The minimum atomic E-state index is -3.08. The minimum Gasteiger partial charge on any atom is -0.212 e. The average Bonchev–Trinajstić information content (AvgIpc) is 2.54. The predicted octanol–water partition coefficient (Wildman–Crippen LogP) is 1.89. The monoisotopic (exact) mass is 219 g/mol. The van der Waals surface area contributed by atoms with Gasteiger partial charge in [0.05, 0.1) is 5.25 Å². The van der Waals surface area contributed by atoms with Crippen molar-refractivity contribution in [3.05, 3.63) is 0 Å². The Morgan fingerprint density at radius 1 is 1.14 bits per heavy atom. The molecule has 4 heteroatoms. The Bertz CT molecular complexity index is 266. The van der Waals surface area contributed by atoms with Crippen LogP contribution in [0.3, 0.4) is 0 Å². The maximum Gasteiger partial charge on any atom is 0.214 e. The van der Waals surface area contributed by atoms with Crippen LogP contribution in [0, 0.1) is 5.92 Å². The number of nitrogens with one attached hydrogen (secondary N) is 1. The van der Waals surface area contributed by atoms with Crippen LogP contribution in [-0.4, -0.2) is 19.7 Å². The first-order valence-corrected chi connectivity index (χ1v) is 6.99. The summed E-state index contributed by atoms with van der Waals surface area (Å²) in [6.07, 6.45) is 4.83. The highest BCUT2D eigenvalue weighted by molar-refractivity contribution is 7.90. The lowest BCUT2D eigenvalue weighted by Gasteiger charge is -2.21. The van der Waals surface area contributed by atoms with Crippen LogP contribution in [0.2, 0.25) is 0 Å². The second kappa shape index (κ2) is 4.62. The highest BCUT2D eigenvalue weighted by Gasteiger charge is 2.26. The summed E-state index contributed by atoms with van der Waals surface area (Å²) in [7, 11) is -3.08. The highest BCUT2D eigenvalue weighted by atomic mass is 32.2. The van der Waals surface area contributed by atoms with Crippen molar-refractivity contribution in [2.24, 2.45) is 5.92 Å². The van der Waals surface area contributed by atoms with Crippen molar-refractivity contribution >= 4 is 10.0 Å². The molecule has 3 nitrogen and oxygen atoms in total. The summed E-state index contributed by atoms with van der Waals surface area (Å²) >= 11 is 0. The van der Waals surface area contributed by atoms with Gasteiger partial charge in [-0.2, -0.15) is 0 Å². The SMILES string of the molecule is CC(C)S(=O)(=O)N[C@@H](C)C1CCCC1. The van der Waals surface area contributed by atoms with E-state index >= 15 is 0 Å². The van der Waals surface area contributed by atoms with Gasteiger partial charge >= 0.3 is 0 Å². The molecule has 1 atom stereocenters. The third-order valence-corrected chi connectivity index (χ3v) is 5.02. The van der Waals surface area contributed by atoms with Crippen LogP contribution < -0.4 is 4.72 Å². The first-order valence-electron chi connectivity index (χ1n) is 5.44. The van der Waals surface area contributed by atoms with Gasteiger partial charge < -0.3 is 0 Å². The Morgan fingerprint density at radius 2 is 1.64 bits per heavy atom. The van der Waals surface area contributed by atoms with Crippen LogP contribution in [0.1, 0.15) is 46.5 Å². The first kappa shape index (κ1) is 12.0. The predicted molar refractivity (Wildman–Crippen MR) is 58.6 cm³/mol. The van der Waals surface area contributed by atoms with E-state index in [0.29, 0.717) is 5.92 Å². The maximum atomic E-state index is 11.6. The maximum absolute atomic E-state index is 11.6. The van der Waals surface area contributed by atoms with E-state index in [1.165, 1.54) is 25.7 Å². The lowest BCUT2D eigenvalue weighted by Crippen LogP contribution is -2.40. The van der Waals surface area contributed by atoms with Crippen molar-refractivity contribution in [2.45, 2.75) is 57.7 Å². The lowest BCUT2D eigenvalue weighted by atomic mass is 10.0. The normalized spacial score (nSPS) is 21.7. The van der Waals surface area contributed by atoms with E-state index in [-0.39, 0.29) is 11.3 Å². The molecule has 0 heterocycles. The molecule has 1 aliphatic carbocycles. The quantitative estimate of drug-likeness (QED) is 0.785. The Hall–Kier alpha value is -0.0900. The number of rotatable bonds is 4.